The van der Waals surface area contributed by atoms with E-state index in [-0.39, 0.29) is 24.9 Å². The van der Waals surface area contributed by atoms with E-state index >= 15 is 0 Å². The first kappa shape index (κ1) is 16.2. The third-order valence-corrected chi connectivity index (χ3v) is 3.75. The van der Waals surface area contributed by atoms with Gasteiger partial charge in [-0.25, -0.2) is 0 Å². The average molecular weight is 279 g/mol. The minimum atomic E-state index is -1.11. The molecule has 0 saturated carbocycles. The monoisotopic (exact) mass is 279 g/mol. The van der Waals surface area contributed by atoms with Crippen LogP contribution in [0.4, 0.5) is 5.69 Å². The summed E-state index contributed by atoms with van der Waals surface area (Å²) in [5, 5.41) is 21.2. The van der Waals surface area contributed by atoms with Crippen molar-refractivity contribution in [2.75, 3.05) is 5.32 Å². The molecule has 20 heavy (non-hydrogen) atoms. The van der Waals surface area contributed by atoms with Crippen LogP contribution in [0, 0.1) is 11.3 Å². The Labute approximate surface area is 118 Å². The van der Waals surface area contributed by atoms with E-state index in [0.29, 0.717) is 11.3 Å². The molecule has 0 fully saturated rings. The fourth-order valence-electron chi connectivity index (χ4n) is 1.83. The Morgan fingerprint density at radius 1 is 1.30 bits per heavy atom. The second-order valence-corrected chi connectivity index (χ2v) is 5.42. The molecule has 0 aliphatic heterocycles. The number of carboxylic acids is 1. The maximum Gasteiger partial charge on any atom is 0.310 e. The summed E-state index contributed by atoms with van der Waals surface area (Å²) in [5.74, 6) is -1.53. The predicted molar refractivity (Wildman–Crippen MR) is 76.2 cm³/mol. The van der Waals surface area contributed by atoms with Gasteiger partial charge in [-0.15, -0.1) is 0 Å². The number of aliphatic hydroxyl groups is 1. The van der Waals surface area contributed by atoms with Crippen LogP contribution in [0.5, 0.6) is 0 Å². The SMILES string of the molecule is CC(C)C(C)(CC(=O)Nc1ccccc1CO)C(=O)O. The molecule has 1 rings (SSSR count). The van der Waals surface area contributed by atoms with Gasteiger partial charge in [0, 0.05) is 17.7 Å². The highest BCUT2D eigenvalue weighted by molar-refractivity contribution is 5.94. The normalized spacial score (nSPS) is 13.8. The quantitative estimate of drug-likeness (QED) is 0.745. The van der Waals surface area contributed by atoms with Crippen molar-refractivity contribution in [3.05, 3.63) is 29.8 Å². The van der Waals surface area contributed by atoms with E-state index in [9.17, 15) is 19.8 Å². The Balaban J connectivity index is 2.84. The molecule has 1 atom stereocenters. The lowest BCUT2D eigenvalue weighted by molar-refractivity contribution is -0.153. The number of benzene rings is 1. The van der Waals surface area contributed by atoms with Crippen molar-refractivity contribution in [3.8, 4) is 0 Å². The molecule has 0 aromatic heterocycles. The van der Waals surface area contributed by atoms with Crippen LogP contribution in [-0.4, -0.2) is 22.1 Å². The summed E-state index contributed by atoms with van der Waals surface area (Å²) in [4.78, 5) is 23.4. The molecule has 110 valence electrons. The van der Waals surface area contributed by atoms with E-state index in [2.05, 4.69) is 5.32 Å². The van der Waals surface area contributed by atoms with Crippen molar-refractivity contribution in [2.24, 2.45) is 11.3 Å². The highest BCUT2D eigenvalue weighted by atomic mass is 16.4. The number of carbonyl (C=O) groups excluding carboxylic acids is 1. The zero-order chi connectivity index (χ0) is 15.3. The molecule has 0 heterocycles. The lowest BCUT2D eigenvalue weighted by Crippen LogP contribution is -2.37. The summed E-state index contributed by atoms with van der Waals surface area (Å²) in [6.07, 6.45) is -0.111. The lowest BCUT2D eigenvalue weighted by Gasteiger charge is -2.28. The lowest BCUT2D eigenvalue weighted by atomic mass is 9.76. The van der Waals surface area contributed by atoms with Gasteiger partial charge in [-0.05, 0) is 18.9 Å². The highest BCUT2D eigenvalue weighted by Gasteiger charge is 2.38. The van der Waals surface area contributed by atoms with Crippen molar-refractivity contribution >= 4 is 17.6 Å². The van der Waals surface area contributed by atoms with Gasteiger partial charge in [-0.3, -0.25) is 9.59 Å². The Morgan fingerprint density at radius 2 is 1.90 bits per heavy atom. The van der Waals surface area contributed by atoms with Crippen LogP contribution in [0.3, 0.4) is 0 Å². The molecule has 1 aromatic rings. The van der Waals surface area contributed by atoms with Gasteiger partial charge in [0.25, 0.3) is 0 Å². The molecule has 1 aromatic carbocycles. The predicted octanol–water partition coefficient (Wildman–Crippen LogP) is 2.25. The molecule has 3 N–H and O–H groups in total. The van der Waals surface area contributed by atoms with Crippen LogP contribution in [0.2, 0.25) is 0 Å². The second kappa shape index (κ2) is 6.52. The molecule has 0 aliphatic rings. The summed E-state index contributed by atoms with van der Waals surface area (Å²) in [6.45, 7) is 4.94. The van der Waals surface area contributed by atoms with E-state index in [1.165, 1.54) is 0 Å². The van der Waals surface area contributed by atoms with Gasteiger partial charge >= 0.3 is 5.97 Å². The second-order valence-electron chi connectivity index (χ2n) is 5.42. The number of para-hydroxylation sites is 1. The van der Waals surface area contributed by atoms with Gasteiger partial charge in [0.15, 0.2) is 0 Å². The number of anilines is 1. The van der Waals surface area contributed by atoms with Crippen molar-refractivity contribution in [3.63, 3.8) is 0 Å². The topological polar surface area (TPSA) is 86.6 Å². The van der Waals surface area contributed by atoms with Crippen LogP contribution in [0.15, 0.2) is 24.3 Å². The first-order chi connectivity index (χ1) is 9.31. The van der Waals surface area contributed by atoms with Crippen molar-refractivity contribution in [1.29, 1.82) is 0 Å². The summed E-state index contributed by atoms with van der Waals surface area (Å²) in [5.41, 5.74) is -0.00274. The van der Waals surface area contributed by atoms with Gasteiger partial charge in [0.1, 0.15) is 0 Å². The number of aliphatic hydroxyl groups excluding tert-OH is 1. The number of hydrogen-bond acceptors (Lipinski definition) is 3. The fourth-order valence-corrected chi connectivity index (χ4v) is 1.83. The first-order valence-electron chi connectivity index (χ1n) is 6.53. The molecular weight excluding hydrogens is 258 g/mol. The zero-order valence-electron chi connectivity index (χ0n) is 12.0. The maximum absolute atomic E-state index is 12.0. The summed E-state index contributed by atoms with van der Waals surface area (Å²) < 4.78 is 0. The molecule has 1 amide bonds. The Morgan fingerprint density at radius 3 is 2.40 bits per heavy atom. The summed E-state index contributed by atoms with van der Waals surface area (Å²) in [6, 6.07) is 6.88. The van der Waals surface area contributed by atoms with Gasteiger partial charge < -0.3 is 15.5 Å². The van der Waals surface area contributed by atoms with Crippen molar-refractivity contribution in [2.45, 2.75) is 33.8 Å². The molecule has 0 aliphatic carbocycles. The van der Waals surface area contributed by atoms with Crippen LogP contribution < -0.4 is 5.32 Å². The number of carboxylic acid groups (broad SMARTS) is 1. The fraction of sp³-hybridized carbons (Fsp3) is 0.467. The van der Waals surface area contributed by atoms with Crippen molar-refractivity contribution < 1.29 is 19.8 Å². The van der Waals surface area contributed by atoms with E-state index in [1.54, 1.807) is 45.0 Å². The van der Waals surface area contributed by atoms with E-state index < -0.39 is 11.4 Å². The highest BCUT2D eigenvalue weighted by Crippen LogP contribution is 2.32. The molecule has 5 heteroatoms. The van der Waals surface area contributed by atoms with E-state index in [1.807, 2.05) is 0 Å². The number of aliphatic carboxylic acids is 1. The number of hydrogen-bond donors (Lipinski definition) is 3. The van der Waals surface area contributed by atoms with Gasteiger partial charge in [-0.2, -0.15) is 0 Å². The number of nitrogens with one attached hydrogen (secondary N) is 1. The van der Waals surface area contributed by atoms with Crippen LogP contribution >= 0.6 is 0 Å². The average Bonchev–Trinajstić information content (AvgIpc) is 2.38. The molecule has 0 saturated heterocycles. The van der Waals surface area contributed by atoms with Crippen molar-refractivity contribution in [1.82, 2.24) is 0 Å². The Hall–Kier alpha value is -1.88. The Bertz CT molecular complexity index is 498. The third kappa shape index (κ3) is 3.57. The standard InChI is InChI=1S/C15H21NO4/c1-10(2)15(3,14(19)20)8-13(18)16-12-7-5-4-6-11(12)9-17/h4-7,10,17H,8-9H2,1-3H3,(H,16,18)(H,19,20). The zero-order valence-corrected chi connectivity index (χ0v) is 12.0. The molecule has 0 bridgehead atoms. The molecule has 0 radical (unpaired) electrons. The smallest absolute Gasteiger partial charge is 0.310 e. The molecular formula is C15H21NO4. The number of rotatable bonds is 6. The molecule has 5 nitrogen and oxygen atoms in total. The summed E-state index contributed by atoms with van der Waals surface area (Å²) in [7, 11) is 0. The van der Waals surface area contributed by atoms with Gasteiger partial charge in [0.05, 0.1) is 12.0 Å². The van der Waals surface area contributed by atoms with Crippen LogP contribution in [-0.2, 0) is 16.2 Å². The van der Waals surface area contributed by atoms with Gasteiger partial charge in [-0.1, -0.05) is 32.0 Å². The summed E-state index contributed by atoms with van der Waals surface area (Å²) >= 11 is 0. The van der Waals surface area contributed by atoms with E-state index in [4.69, 9.17) is 0 Å². The Kier molecular flexibility index (Phi) is 5.27. The minimum Gasteiger partial charge on any atom is -0.481 e. The largest absolute Gasteiger partial charge is 0.481 e. The molecule has 1 unspecified atom stereocenters. The van der Waals surface area contributed by atoms with Crippen LogP contribution in [0.1, 0.15) is 32.8 Å². The number of amides is 1. The number of carbonyl (C=O) groups is 2. The minimum absolute atomic E-state index is 0.111. The third-order valence-electron chi connectivity index (χ3n) is 3.75. The van der Waals surface area contributed by atoms with E-state index in [0.717, 1.165) is 0 Å². The van der Waals surface area contributed by atoms with Gasteiger partial charge in [0.2, 0.25) is 5.91 Å². The maximum atomic E-state index is 12.0. The molecule has 0 spiro atoms. The first-order valence-corrected chi connectivity index (χ1v) is 6.53. The van der Waals surface area contributed by atoms with Crippen LogP contribution in [0.25, 0.3) is 0 Å².